The quantitative estimate of drug-likeness (QED) is 0.614. The maximum Gasteiger partial charge on any atom is 0.122 e. The molecule has 18 heavy (non-hydrogen) atoms. The van der Waals surface area contributed by atoms with Gasteiger partial charge in [0.1, 0.15) is 5.75 Å². The molecule has 1 aliphatic rings. The first-order valence-electron chi connectivity index (χ1n) is 6.32. The van der Waals surface area contributed by atoms with Crippen molar-refractivity contribution in [1.82, 2.24) is 4.90 Å². The van der Waals surface area contributed by atoms with E-state index in [4.69, 9.17) is 15.9 Å². The molecule has 0 fully saturated rings. The average Bonchev–Trinajstić information content (AvgIpc) is 2.72. The van der Waals surface area contributed by atoms with E-state index in [0.29, 0.717) is 5.92 Å². The third kappa shape index (κ3) is 2.82. The lowest BCUT2D eigenvalue weighted by Crippen LogP contribution is -2.34. The number of fused-ring (bicyclic) bond motifs is 1. The van der Waals surface area contributed by atoms with Crippen LogP contribution in [0.15, 0.2) is 24.3 Å². The fraction of sp³-hybridized carbons (Fsp3) is 0.500. The largest absolute Gasteiger partial charge is 0.493 e. The predicted octanol–water partition coefficient (Wildman–Crippen LogP) is 1.67. The van der Waals surface area contributed by atoms with E-state index < -0.39 is 0 Å². The number of likely N-dealkylation sites (N-methyl/N-ethyl adjacent to an activating group) is 1. The molecule has 2 rings (SSSR count). The molecule has 1 heterocycles. The van der Waals surface area contributed by atoms with Crippen LogP contribution in [0.5, 0.6) is 5.75 Å². The van der Waals surface area contributed by atoms with E-state index in [1.807, 2.05) is 19.1 Å². The molecule has 2 atom stereocenters. The normalized spacial score (nSPS) is 19.4. The van der Waals surface area contributed by atoms with Crippen molar-refractivity contribution in [2.45, 2.75) is 12.8 Å². The van der Waals surface area contributed by atoms with Crippen molar-refractivity contribution in [2.75, 3.05) is 26.7 Å². The van der Waals surface area contributed by atoms with Gasteiger partial charge >= 0.3 is 0 Å². The lowest BCUT2D eigenvalue weighted by Gasteiger charge is -2.23. The average molecular weight is 247 g/mol. The molecule has 0 saturated heterocycles. The molecule has 98 valence electrons. The number of para-hydroxylation sites is 1. The van der Waals surface area contributed by atoms with Gasteiger partial charge in [-0.25, -0.2) is 0 Å². The molecule has 1 aromatic carbocycles. The maximum atomic E-state index is 7.42. The van der Waals surface area contributed by atoms with E-state index in [1.54, 1.807) is 0 Å². The summed E-state index contributed by atoms with van der Waals surface area (Å²) in [5.74, 6) is 1.79. The summed E-state index contributed by atoms with van der Waals surface area (Å²) >= 11 is 0. The summed E-state index contributed by atoms with van der Waals surface area (Å²) in [6.45, 7) is 4.48. The predicted molar refractivity (Wildman–Crippen MR) is 73.3 cm³/mol. The molecule has 0 radical (unpaired) electrons. The Labute approximate surface area is 108 Å². The summed E-state index contributed by atoms with van der Waals surface area (Å²) in [4.78, 5) is 2.22. The number of hydrogen-bond acceptors (Lipinski definition) is 3. The van der Waals surface area contributed by atoms with Crippen LogP contribution >= 0.6 is 0 Å². The van der Waals surface area contributed by atoms with Crippen LogP contribution in [0.3, 0.4) is 0 Å². The van der Waals surface area contributed by atoms with Crippen LogP contribution in [0.2, 0.25) is 0 Å². The zero-order chi connectivity index (χ0) is 13.1. The van der Waals surface area contributed by atoms with Crippen molar-refractivity contribution in [3.8, 4) is 5.75 Å². The van der Waals surface area contributed by atoms with Crippen molar-refractivity contribution in [3.63, 3.8) is 0 Å². The van der Waals surface area contributed by atoms with Crippen molar-refractivity contribution in [2.24, 2.45) is 11.7 Å². The Hall–Kier alpha value is -1.55. The fourth-order valence-corrected chi connectivity index (χ4v) is 2.40. The van der Waals surface area contributed by atoms with E-state index in [-0.39, 0.29) is 11.8 Å². The summed E-state index contributed by atoms with van der Waals surface area (Å²) in [6, 6.07) is 8.21. The highest BCUT2D eigenvalue weighted by Crippen LogP contribution is 2.33. The van der Waals surface area contributed by atoms with Crippen LogP contribution in [0, 0.1) is 11.3 Å². The molecule has 1 aliphatic heterocycles. The first-order chi connectivity index (χ1) is 8.58. The first kappa shape index (κ1) is 12.9. The molecule has 0 bridgehead atoms. The van der Waals surface area contributed by atoms with Crippen molar-refractivity contribution < 1.29 is 4.74 Å². The smallest absolute Gasteiger partial charge is 0.122 e. The maximum absolute atomic E-state index is 7.42. The molecule has 0 saturated carbocycles. The summed E-state index contributed by atoms with van der Waals surface area (Å²) in [7, 11) is 2.07. The van der Waals surface area contributed by atoms with Gasteiger partial charge in [-0.05, 0) is 13.1 Å². The van der Waals surface area contributed by atoms with Crippen LogP contribution in [-0.2, 0) is 0 Å². The van der Waals surface area contributed by atoms with Gasteiger partial charge < -0.3 is 15.4 Å². The second-order valence-corrected chi connectivity index (χ2v) is 5.12. The highest BCUT2D eigenvalue weighted by molar-refractivity contribution is 5.79. The highest BCUT2D eigenvalue weighted by atomic mass is 16.5. The van der Waals surface area contributed by atoms with Gasteiger partial charge in [-0.3, -0.25) is 5.41 Å². The van der Waals surface area contributed by atoms with Gasteiger partial charge in [0.05, 0.1) is 12.4 Å². The molecule has 2 unspecified atom stereocenters. The van der Waals surface area contributed by atoms with E-state index in [9.17, 15) is 0 Å². The minimum Gasteiger partial charge on any atom is -0.493 e. The molecular weight excluding hydrogens is 226 g/mol. The standard InChI is InChI=1S/C14H21N3O/c1-10(14(15)16)7-17(2)8-11-9-18-13-6-4-3-5-12(11)13/h3-6,10-11H,7-9H2,1-2H3,(H3,15,16). The molecular formula is C14H21N3O. The van der Waals surface area contributed by atoms with Gasteiger partial charge in [-0.1, -0.05) is 25.1 Å². The van der Waals surface area contributed by atoms with Crippen LogP contribution in [0.4, 0.5) is 0 Å². The Bertz CT molecular complexity index is 433. The van der Waals surface area contributed by atoms with Crippen molar-refractivity contribution >= 4 is 5.84 Å². The lowest BCUT2D eigenvalue weighted by molar-refractivity contribution is 0.257. The van der Waals surface area contributed by atoms with Crippen molar-refractivity contribution in [1.29, 1.82) is 5.41 Å². The van der Waals surface area contributed by atoms with Crippen LogP contribution in [0.1, 0.15) is 18.4 Å². The third-order valence-corrected chi connectivity index (χ3v) is 3.45. The molecule has 0 aliphatic carbocycles. The monoisotopic (exact) mass is 247 g/mol. The van der Waals surface area contributed by atoms with E-state index in [0.717, 1.165) is 25.4 Å². The van der Waals surface area contributed by atoms with E-state index >= 15 is 0 Å². The number of nitrogens with zero attached hydrogens (tertiary/aromatic N) is 1. The SMILES string of the molecule is CC(CN(C)CC1COc2ccccc21)C(=N)N. The zero-order valence-electron chi connectivity index (χ0n) is 11.0. The molecule has 0 aromatic heterocycles. The Morgan fingerprint density at radius 3 is 3.00 bits per heavy atom. The van der Waals surface area contributed by atoms with Crippen LogP contribution < -0.4 is 10.5 Å². The number of nitrogens with one attached hydrogen (secondary N) is 1. The number of nitrogens with two attached hydrogens (primary N) is 1. The third-order valence-electron chi connectivity index (χ3n) is 3.45. The fourth-order valence-electron chi connectivity index (χ4n) is 2.40. The summed E-state index contributed by atoms with van der Waals surface area (Å²) in [5.41, 5.74) is 6.79. The summed E-state index contributed by atoms with van der Waals surface area (Å²) < 4.78 is 5.67. The van der Waals surface area contributed by atoms with Gasteiger partial charge in [0.2, 0.25) is 0 Å². The molecule has 0 amide bonds. The van der Waals surface area contributed by atoms with E-state index in [2.05, 4.69) is 24.1 Å². The lowest BCUT2D eigenvalue weighted by atomic mass is 10.0. The van der Waals surface area contributed by atoms with Crippen molar-refractivity contribution in [3.05, 3.63) is 29.8 Å². The number of benzene rings is 1. The van der Waals surface area contributed by atoms with Crippen LogP contribution in [-0.4, -0.2) is 37.5 Å². The minimum absolute atomic E-state index is 0.104. The van der Waals surface area contributed by atoms with Crippen LogP contribution in [0.25, 0.3) is 0 Å². The second kappa shape index (κ2) is 5.40. The number of rotatable bonds is 5. The number of amidine groups is 1. The Kier molecular flexibility index (Phi) is 3.87. The van der Waals surface area contributed by atoms with Gasteiger partial charge in [0.15, 0.2) is 0 Å². The van der Waals surface area contributed by atoms with Gasteiger partial charge in [-0.15, -0.1) is 0 Å². The Morgan fingerprint density at radius 2 is 2.28 bits per heavy atom. The molecule has 4 nitrogen and oxygen atoms in total. The molecule has 4 heteroatoms. The van der Waals surface area contributed by atoms with Gasteiger partial charge in [-0.2, -0.15) is 0 Å². The molecule has 1 aromatic rings. The Morgan fingerprint density at radius 1 is 1.56 bits per heavy atom. The minimum atomic E-state index is 0.104. The summed E-state index contributed by atoms with van der Waals surface area (Å²) in [6.07, 6.45) is 0. The van der Waals surface area contributed by atoms with E-state index in [1.165, 1.54) is 5.56 Å². The van der Waals surface area contributed by atoms with Gasteiger partial charge in [0.25, 0.3) is 0 Å². The molecule has 0 spiro atoms. The first-order valence-corrected chi connectivity index (χ1v) is 6.32. The number of hydrogen-bond donors (Lipinski definition) is 2. The molecule has 3 N–H and O–H groups in total. The highest BCUT2D eigenvalue weighted by Gasteiger charge is 2.25. The summed E-state index contributed by atoms with van der Waals surface area (Å²) in [5, 5.41) is 7.42. The Balaban J connectivity index is 1.93. The number of ether oxygens (including phenoxy) is 1. The zero-order valence-corrected chi connectivity index (χ0v) is 11.0. The topological polar surface area (TPSA) is 62.3 Å². The van der Waals surface area contributed by atoms with Gasteiger partial charge in [0, 0.05) is 30.5 Å². The second-order valence-electron chi connectivity index (χ2n) is 5.12.